The summed E-state index contributed by atoms with van der Waals surface area (Å²) in [6, 6.07) is 1.93. The Kier molecular flexibility index (Phi) is 9.62. The lowest BCUT2D eigenvalue weighted by molar-refractivity contribution is -0.134. The standard InChI is InChI=1S/C24H29F3N4O5S/c1-15(2)8-21(23(32)29-12-16-4-3-5-28-11-16)30-24(33)22-13-36-7-6-31(22)37(34,35)14-18-19(26)9-17(25)10-20(18)27/h3-5,9-11,15,21-22H,6-8,12-14H2,1-2H3,(H,29,32)(H,30,33)/t21?,22-/m0/s1. The van der Waals surface area contributed by atoms with Crippen molar-refractivity contribution in [1.29, 1.82) is 0 Å². The van der Waals surface area contributed by atoms with Gasteiger partial charge >= 0.3 is 0 Å². The number of ether oxygens (including phenoxy) is 1. The topological polar surface area (TPSA) is 118 Å². The van der Waals surface area contributed by atoms with E-state index >= 15 is 0 Å². The molecular formula is C24H29F3N4O5S. The monoisotopic (exact) mass is 542 g/mol. The van der Waals surface area contributed by atoms with Crippen molar-refractivity contribution < 1.29 is 35.9 Å². The summed E-state index contributed by atoms with van der Waals surface area (Å²) in [4.78, 5) is 30.0. The molecule has 2 atom stereocenters. The van der Waals surface area contributed by atoms with E-state index in [0.29, 0.717) is 12.1 Å². The largest absolute Gasteiger partial charge is 0.378 e. The third-order valence-corrected chi connectivity index (χ3v) is 7.51. The molecule has 0 bridgehead atoms. The summed E-state index contributed by atoms with van der Waals surface area (Å²) in [5.74, 6) is -6.23. The minimum atomic E-state index is -4.43. The van der Waals surface area contributed by atoms with E-state index in [-0.39, 0.29) is 38.6 Å². The molecule has 2 amide bonds. The van der Waals surface area contributed by atoms with Gasteiger partial charge in [0.25, 0.3) is 0 Å². The van der Waals surface area contributed by atoms with Gasteiger partial charge < -0.3 is 15.4 Å². The summed E-state index contributed by atoms with van der Waals surface area (Å²) < 4.78 is 73.8. The minimum absolute atomic E-state index is 0.0151. The van der Waals surface area contributed by atoms with Gasteiger partial charge in [-0.25, -0.2) is 21.6 Å². The van der Waals surface area contributed by atoms with Gasteiger partial charge in [0.15, 0.2) is 0 Å². The molecule has 0 radical (unpaired) electrons. The van der Waals surface area contributed by atoms with Crippen LogP contribution < -0.4 is 10.6 Å². The number of benzene rings is 1. The normalized spacial score (nSPS) is 17.4. The highest BCUT2D eigenvalue weighted by Crippen LogP contribution is 2.22. The van der Waals surface area contributed by atoms with Crippen LogP contribution >= 0.6 is 0 Å². The van der Waals surface area contributed by atoms with E-state index in [9.17, 15) is 31.2 Å². The highest BCUT2D eigenvalue weighted by atomic mass is 32.2. The lowest BCUT2D eigenvalue weighted by atomic mass is 10.0. The molecule has 1 aliphatic rings. The molecule has 0 spiro atoms. The molecule has 1 aromatic carbocycles. The van der Waals surface area contributed by atoms with Gasteiger partial charge in [0.1, 0.15) is 29.5 Å². The molecular weight excluding hydrogens is 513 g/mol. The maximum absolute atomic E-state index is 14.1. The van der Waals surface area contributed by atoms with Crippen LogP contribution in [-0.4, -0.2) is 61.4 Å². The first-order valence-corrected chi connectivity index (χ1v) is 13.3. The Hall–Kier alpha value is -3.03. The van der Waals surface area contributed by atoms with Gasteiger partial charge in [0.05, 0.1) is 19.0 Å². The fourth-order valence-corrected chi connectivity index (χ4v) is 5.59. The number of nitrogens with zero attached hydrogens (tertiary/aromatic N) is 2. The summed E-state index contributed by atoms with van der Waals surface area (Å²) in [6.07, 6.45) is 3.46. The number of amides is 2. The fourth-order valence-electron chi connectivity index (χ4n) is 3.89. The van der Waals surface area contributed by atoms with E-state index < -0.39 is 62.7 Å². The van der Waals surface area contributed by atoms with Gasteiger partial charge in [-0.15, -0.1) is 0 Å². The molecule has 9 nitrogen and oxygen atoms in total. The van der Waals surface area contributed by atoms with Crippen LogP contribution in [0.15, 0.2) is 36.7 Å². The van der Waals surface area contributed by atoms with Crippen LogP contribution in [0.2, 0.25) is 0 Å². The summed E-state index contributed by atoms with van der Waals surface area (Å²) in [5, 5.41) is 5.33. The summed E-state index contributed by atoms with van der Waals surface area (Å²) in [7, 11) is -4.43. The van der Waals surface area contributed by atoms with Crippen molar-refractivity contribution in [2.75, 3.05) is 19.8 Å². The summed E-state index contributed by atoms with van der Waals surface area (Å²) in [6.45, 7) is 3.30. The predicted octanol–water partition coefficient (Wildman–Crippen LogP) is 1.88. The van der Waals surface area contributed by atoms with E-state index in [1.807, 2.05) is 13.8 Å². The second kappa shape index (κ2) is 12.5. The average molecular weight is 543 g/mol. The van der Waals surface area contributed by atoms with Crippen molar-refractivity contribution in [2.45, 2.75) is 44.6 Å². The Balaban J connectivity index is 1.75. The molecule has 0 aliphatic carbocycles. The van der Waals surface area contributed by atoms with E-state index in [0.717, 1.165) is 9.87 Å². The number of pyridine rings is 1. The van der Waals surface area contributed by atoms with Gasteiger partial charge in [0, 0.05) is 43.2 Å². The molecule has 2 N–H and O–H groups in total. The maximum atomic E-state index is 14.1. The zero-order valence-electron chi connectivity index (χ0n) is 20.4. The number of morpholine rings is 1. The lowest BCUT2D eigenvalue weighted by Crippen LogP contribution is -2.59. The Morgan fingerprint density at radius 3 is 2.54 bits per heavy atom. The Bertz CT molecular complexity index is 1190. The molecule has 202 valence electrons. The van der Waals surface area contributed by atoms with E-state index in [4.69, 9.17) is 4.74 Å². The van der Waals surface area contributed by atoms with E-state index in [1.165, 1.54) is 0 Å². The van der Waals surface area contributed by atoms with Crippen LogP contribution in [0.1, 0.15) is 31.4 Å². The van der Waals surface area contributed by atoms with E-state index in [2.05, 4.69) is 15.6 Å². The number of rotatable bonds is 10. The number of sulfonamides is 1. The molecule has 1 saturated heterocycles. The van der Waals surface area contributed by atoms with Gasteiger partial charge in [0.2, 0.25) is 21.8 Å². The van der Waals surface area contributed by atoms with Crippen molar-refractivity contribution in [1.82, 2.24) is 19.9 Å². The number of carbonyl (C=O) groups excluding carboxylic acids is 2. The molecule has 1 unspecified atom stereocenters. The Morgan fingerprint density at radius 2 is 1.92 bits per heavy atom. The second-order valence-electron chi connectivity index (χ2n) is 9.08. The molecule has 13 heteroatoms. The Labute approximate surface area is 213 Å². The van der Waals surface area contributed by atoms with Crippen molar-refractivity contribution in [2.24, 2.45) is 5.92 Å². The SMILES string of the molecule is CC(C)CC(NC(=O)[C@@H]1COCCN1S(=O)(=O)Cc1c(F)cc(F)cc1F)C(=O)NCc1cccnc1. The third-order valence-electron chi connectivity index (χ3n) is 5.70. The minimum Gasteiger partial charge on any atom is -0.378 e. The van der Waals surface area contributed by atoms with Crippen LogP contribution in [0.4, 0.5) is 13.2 Å². The molecule has 2 heterocycles. The molecule has 1 fully saturated rings. The molecule has 0 saturated carbocycles. The van der Waals surface area contributed by atoms with Crippen molar-refractivity contribution in [3.63, 3.8) is 0 Å². The number of halogens is 3. The van der Waals surface area contributed by atoms with Gasteiger partial charge in [-0.1, -0.05) is 19.9 Å². The second-order valence-corrected chi connectivity index (χ2v) is 11.0. The van der Waals surface area contributed by atoms with Crippen LogP contribution in [0.3, 0.4) is 0 Å². The zero-order valence-corrected chi connectivity index (χ0v) is 21.2. The highest BCUT2D eigenvalue weighted by molar-refractivity contribution is 7.88. The molecule has 2 aromatic rings. The molecule has 1 aromatic heterocycles. The first kappa shape index (κ1) is 28.5. The fraction of sp³-hybridized carbons (Fsp3) is 0.458. The number of aromatic nitrogens is 1. The summed E-state index contributed by atoms with van der Waals surface area (Å²) >= 11 is 0. The van der Waals surface area contributed by atoms with Crippen molar-refractivity contribution >= 4 is 21.8 Å². The number of carbonyl (C=O) groups is 2. The van der Waals surface area contributed by atoms with Crippen LogP contribution in [0.5, 0.6) is 0 Å². The first-order chi connectivity index (χ1) is 17.5. The lowest BCUT2D eigenvalue weighted by Gasteiger charge is -2.34. The van der Waals surface area contributed by atoms with Crippen LogP contribution in [0, 0.1) is 23.4 Å². The van der Waals surface area contributed by atoms with Crippen molar-refractivity contribution in [3.05, 3.63) is 65.2 Å². The number of hydrogen-bond acceptors (Lipinski definition) is 6. The number of hydrogen-bond donors (Lipinski definition) is 2. The quantitative estimate of drug-likeness (QED) is 0.474. The molecule has 1 aliphatic heterocycles. The van der Waals surface area contributed by atoms with E-state index in [1.54, 1.807) is 24.5 Å². The predicted molar refractivity (Wildman–Crippen MR) is 128 cm³/mol. The van der Waals surface area contributed by atoms with Crippen LogP contribution in [0.25, 0.3) is 0 Å². The zero-order chi connectivity index (χ0) is 27.2. The van der Waals surface area contributed by atoms with Crippen LogP contribution in [-0.2, 0) is 36.6 Å². The Morgan fingerprint density at radius 1 is 1.22 bits per heavy atom. The first-order valence-electron chi connectivity index (χ1n) is 11.7. The van der Waals surface area contributed by atoms with Gasteiger partial charge in [-0.3, -0.25) is 14.6 Å². The maximum Gasteiger partial charge on any atom is 0.242 e. The highest BCUT2D eigenvalue weighted by Gasteiger charge is 2.39. The summed E-state index contributed by atoms with van der Waals surface area (Å²) in [5.41, 5.74) is -0.0804. The molecule has 3 rings (SSSR count). The third kappa shape index (κ3) is 7.73. The smallest absolute Gasteiger partial charge is 0.242 e. The molecule has 37 heavy (non-hydrogen) atoms. The van der Waals surface area contributed by atoms with Gasteiger partial charge in [-0.05, 0) is 24.0 Å². The number of nitrogens with one attached hydrogen (secondary N) is 2. The van der Waals surface area contributed by atoms with Gasteiger partial charge in [-0.2, -0.15) is 4.31 Å². The average Bonchev–Trinajstić information content (AvgIpc) is 2.84. The van der Waals surface area contributed by atoms with Crippen molar-refractivity contribution in [3.8, 4) is 0 Å².